The number of rotatable bonds is 7. The second kappa shape index (κ2) is 7.40. The number of ether oxygens (including phenoxy) is 1. The van der Waals surface area contributed by atoms with E-state index >= 15 is 0 Å². The third-order valence-electron chi connectivity index (χ3n) is 4.56. The van der Waals surface area contributed by atoms with Gasteiger partial charge >= 0.3 is 13.1 Å². The lowest BCUT2D eigenvalue weighted by atomic mass is 9.71. The van der Waals surface area contributed by atoms with Gasteiger partial charge in [0.15, 0.2) is 0 Å². The van der Waals surface area contributed by atoms with Crippen LogP contribution >= 0.6 is 0 Å². The zero-order valence-corrected chi connectivity index (χ0v) is 16.1. The Balaban J connectivity index is 2.54. The Morgan fingerprint density at radius 2 is 1.71 bits per heavy atom. The van der Waals surface area contributed by atoms with Crippen LogP contribution in [-0.2, 0) is 23.6 Å². The Hall–Kier alpha value is -1.14. The predicted molar refractivity (Wildman–Crippen MR) is 94.4 cm³/mol. The summed E-state index contributed by atoms with van der Waals surface area (Å²) in [4.78, 5) is 23.2. The molecule has 1 fully saturated rings. The van der Waals surface area contributed by atoms with Crippen LogP contribution in [0.1, 0.15) is 61.3 Å². The Morgan fingerprint density at radius 3 is 2.12 bits per heavy atom. The monoisotopic (exact) mass is 338 g/mol. The van der Waals surface area contributed by atoms with Crippen molar-refractivity contribution < 1.29 is 23.6 Å². The largest absolute Gasteiger partial charge is 0.490 e. The highest BCUT2D eigenvalue weighted by Gasteiger charge is 2.52. The normalized spacial score (nSPS) is 20.5. The van der Waals surface area contributed by atoms with Gasteiger partial charge in [-0.05, 0) is 45.0 Å². The zero-order chi connectivity index (χ0) is 18.8. The number of allylic oxidation sites excluding steroid dienone is 1. The molecule has 1 rings (SSSR count). The predicted octanol–water partition coefficient (Wildman–Crippen LogP) is 3.36. The molecule has 5 nitrogen and oxygen atoms in total. The first-order chi connectivity index (χ1) is 10.8. The van der Waals surface area contributed by atoms with E-state index in [1.807, 2.05) is 48.5 Å². The molecule has 0 bridgehead atoms. The lowest BCUT2D eigenvalue weighted by Gasteiger charge is -2.32. The molecule has 1 aliphatic rings. The van der Waals surface area contributed by atoms with E-state index in [1.165, 1.54) is 0 Å². The van der Waals surface area contributed by atoms with Gasteiger partial charge in [-0.15, -0.1) is 6.58 Å². The minimum atomic E-state index is -0.629. The van der Waals surface area contributed by atoms with Crippen molar-refractivity contribution in [2.24, 2.45) is 11.3 Å². The second-order valence-corrected chi connectivity index (χ2v) is 8.65. The van der Waals surface area contributed by atoms with Crippen molar-refractivity contribution in [3.05, 3.63) is 12.1 Å². The topological polar surface area (TPSA) is 61.8 Å². The molecule has 0 aliphatic carbocycles. The van der Waals surface area contributed by atoms with Crippen molar-refractivity contribution >= 4 is 19.4 Å². The van der Waals surface area contributed by atoms with Gasteiger partial charge in [-0.2, -0.15) is 0 Å². The Morgan fingerprint density at radius 1 is 1.21 bits per heavy atom. The molecular formula is C18H31BO5. The highest BCUT2D eigenvalue weighted by atomic mass is 16.7. The van der Waals surface area contributed by atoms with Gasteiger partial charge in [0.1, 0.15) is 6.29 Å². The van der Waals surface area contributed by atoms with Crippen LogP contribution in [0, 0.1) is 11.3 Å². The molecule has 0 aromatic rings. The van der Waals surface area contributed by atoms with Gasteiger partial charge < -0.3 is 18.8 Å². The summed E-state index contributed by atoms with van der Waals surface area (Å²) in [6.45, 7) is 17.9. The fourth-order valence-corrected chi connectivity index (χ4v) is 2.29. The van der Waals surface area contributed by atoms with Crippen LogP contribution in [-0.4, -0.2) is 37.2 Å². The van der Waals surface area contributed by atoms with E-state index in [0.29, 0.717) is 18.3 Å². The van der Waals surface area contributed by atoms with Crippen molar-refractivity contribution in [1.29, 1.82) is 0 Å². The zero-order valence-electron chi connectivity index (χ0n) is 16.1. The SMILES string of the molecule is C=C(B1OC(C)(C)C(C)(C)O1)C(C=O)CCOC(=O)CC(C)(C)C. The maximum absolute atomic E-state index is 11.7. The summed E-state index contributed by atoms with van der Waals surface area (Å²) in [7, 11) is -0.629. The molecule has 1 atom stereocenters. The molecule has 6 heteroatoms. The van der Waals surface area contributed by atoms with Crippen LogP contribution in [0.15, 0.2) is 12.1 Å². The van der Waals surface area contributed by atoms with E-state index in [9.17, 15) is 9.59 Å². The molecule has 1 heterocycles. The van der Waals surface area contributed by atoms with E-state index in [2.05, 4.69) is 6.58 Å². The Labute approximate surface area is 146 Å². The molecule has 0 aromatic heterocycles. The molecule has 1 saturated heterocycles. The Bertz CT molecular complexity index is 474. The maximum Gasteiger partial charge on any atom is 0.490 e. The lowest BCUT2D eigenvalue weighted by molar-refractivity contribution is -0.146. The first kappa shape index (κ1) is 20.9. The molecular weight excluding hydrogens is 307 g/mol. The lowest BCUT2D eigenvalue weighted by Crippen LogP contribution is -2.41. The van der Waals surface area contributed by atoms with Crippen LogP contribution in [0.2, 0.25) is 0 Å². The number of esters is 1. The van der Waals surface area contributed by atoms with Crippen molar-refractivity contribution in [3.8, 4) is 0 Å². The number of hydrogen-bond donors (Lipinski definition) is 0. The van der Waals surface area contributed by atoms with Gasteiger partial charge in [0.05, 0.1) is 24.2 Å². The number of carbonyl (C=O) groups is 2. The standard InChI is InChI=1S/C18H31BO5/c1-13(19-23-17(5,6)18(7,8)24-19)14(12-20)9-10-22-15(21)11-16(2,3)4/h12,14H,1,9-11H2,2-8H3. The minimum Gasteiger partial charge on any atom is -0.466 e. The average molecular weight is 338 g/mol. The summed E-state index contributed by atoms with van der Waals surface area (Å²) < 4.78 is 17.1. The number of aldehydes is 1. The van der Waals surface area contributed by atoms with Crippen LogP contribution in [0.4, 0.5) is 0 Å². The third-order valence-corrected chi connectivity index (χ3v) is 4.56. The molecule has 136 valence electrons. The summed E-state index contributed by atoms with van der Waals surface area (Å²) in [6, 6.07) is 0. The highest BCUT2D eigenvalue weighted by molar-refractivity contribution is 6.55. The molecule has 0 spiro atoms. The Kier molecular flexibility index (Phi) is 6.45. The van der Waals surface area contributed by atoms with Gasteiger partial charge in [0, 0.05) is 5.92 Å². The first-order valence-corrected chi connectivity index (χ1v) is 8.44. The molecule has 0 N–H and O–H groups in total. The van der Waals surface area contributed by atoms with E-state index in [-0.39, 0.29) is 18.0 Å². The van der Waals surface area contributed by atoms with Gasteiger partial charge in [-0.25, -0.2) is 0 Å². The summed E-state index contributed by atoms with van der Waals surface area (Å²) in [6.07, 6.45) is 1.53. The summed E-state index contributed by atoms with van der Waals surface area (Å²) in [5, 5.41) is 0. The van der Waals surface area contributed by atoms with Crippen LogP contribution < -0.4 is 0 Å². The fourth-order valence-electron chi connectivity index (χ4n) is 2.29. The van der Waals surface area contributed by atoms with E-state index < -0.39 is 24.2 Å². The number of hydrogen-bond acceptors (Lipinski definition) is 5. The summed E-state index contributed by atoms with van der Waals surface area (Å²) in [5.41, 5.74) is -0.510. The van der Waals surface area contributed by atoms with Crippen molar-refractivity contribution in [3.63, 3.8) is 0 Å². The smallest absolute Gasteiger partial charge is 0.466 e. The second-order valence-electron chi connectivity index (χ2n) is 8.65. The quantitative estimate of drug-likeness (QED) is 0.405. The fraction of sp³-hybridized carbons (Fsp3) is 0.778. The van der Waals surface area contributed by atoms with Gasteiger partial charge in [0.2, 0.25) is 0 Å². The van der Waals surface area contributed by atoms with Gasteiger partial charge in [-0.1, -0.05) is 20.8 Å². The minimum absolute atomic E-state index is 0.118. The van der Waals surface area contributed by atoms with E-state index in [0.717, 1.165) is 6.29 Å². The third kappa shape index (κ3) is 5.45. The molecule has 1 aliphatic heterocycles. The van der Waals surface area contributed by atoms with Crippen molar-refractivity contribution in [2.45, 2.75) is 72.5 Å². The van der Waals surface area contributed by atoms with E-state index in [1.54, 1.807) is 0 Å². The number of carbonyl (C=O) groups excluding carboxylic acids is 2. The van der Waals surface area contributed by atoms with Crippen LogP contribution in [0.5, 0.6) is 0 Å². The van der Waals surface area contributed by atoms with Gasteiger partial charge in [-0.3, -0.25) is 4.79 Å². The molecule has 0 radical (unpaired) electrons. The molecule has 24 heavy (non-hydrogen) atoms. The summed E-state index contributed by atoms with van der Waals surface area (Å²) in [5.74, 6) is -0.726. The highest BCUT2D eigenvalue weighted by Crippen LogP contribution is 2.39. The van der Waals surface area contributed by atoms with Crippen molar-refractivity contribution in [1.82, 2.24) is 0 Å². The molecule has 0 aromatic carbocycles. The summed E-state index contributed by atoms with van der Waals surface area (Å²) >= 11 is 0. The maximum atomic E-state index is 11.7. The average Bonchev–Trinajstić information content (AvgIpc) is 2.61. The van der Waals surface area contributed by atoms with Crippen LogP contribution in [0.3, 0.4) is 0 Å². The van der Waals surface area contributed by atoms with Crippen LogP contribution in [0.25, 0.3) is 0 Å². The molecule has 0 amide bonds. The van der Waals surface area contributed by atoms with E-state index in [4.69, 9.17) is 14.0 Å². The first-order valence-electron chi connectivity index (χ1n) is 8.44. The molecule has 0 saturated carbocycles. The van der Waals surface area contributed by atoms with Gasteiger partial charge in [0.25, 0.3) is 0 Å². The van der Waals surface area contributed by atoms with Crippen molar-refractivity contribution in [2.75, 3.05) is 6.61 Å². The molecule has 1 unspecified atom stereocenters.